The summed E-state index contributed by atoms with van der Waals surface area (Å²) in [5.41, 5.74) is 1.61. The summed E-state index contributed by atoms with van der Waals surface area (Å²) in [6.45, 7) is 11.4. The SMILES string of the molecule is [C-]#[N+]c1ccccc1N1CCC(CNC(=O)[C@H](O)[C@H]2OCCCCOC[C@H]3CCCN3C2=O)CC1. The predicted molar refractivity (Wildman–Crippen MR) is 131 cm³/mol. The van der Waals surface area contributed by atoms with Crippen molar-refractivity contribution in [2.45, 2.75) is 56.8 Å². The number of anilines is 1. The lowest BCUT2D eigenvalue weighted by molar-refractivity contribution is -0.159. The number of ether oxygens (including phenoxy) is 2. The fourth-order valence-electron chi connectivity index (χ4n) is 5.19. The summed E-state index contributed by atoms with van der Waals surface area (Å²) in [5, 5.41) is 13.7. The van der Waals surface area contributed by atoms with Crippen LogP contribution >= 0.6 is 0 Å². The number of hydrogen-bond acceptors (Lipinski definition) is 6. The highest BCUT2D eigenvalue weighted by Crippen LogP contribution is 2.31. The maximum atomic E-state index is 13.2. The molecule has 0 aliphatic carbocycles. The number of nitrogens with zero attached hydrogens (tertiary/aromatic N) is 3. The molecule has 1 aromatic rings. The van der Waals surface area contributed by atoms with Crippen molar-refractivity contribution in [2.75, 3.05) is 50.9 Å². The second-order valence-electron chi connectivity index (χ2n) is 9.62. The molecule has 9 nitrogen and oxygen atoms in total. The second kappa shape index (κ2) is 12.3. The Hall–Kier alpha value is -2.67. The maximum absolute atomic E-state index is 13.2. The molecule has 3 atom stereocenters. The van der Waals surface area contributed by atoms with Crippen LogP contribution in [0.5, 0.6) is 0 Å². The van der Waals surface area contributed by atoms with E-state index >= 15 is 0 Å². The van der Waals surface area contributed by atoms with E-state index < -0.39 is 18.1 Å². The smallest absolute Gasteiger partial charge is 0.255 e. The first-order valence-corrected chi connectivity index (χ1v) is 12.8. The Morgan fingerprint density at radius 2 is 1.91 bits per heavy atom. The molecule has 3 aliphatic rings. The fourth-order valence-corrected chi connectivity index (χ4v) is 5.19. The van der Waals surface area contributed by atoms with E-state index in [1.54, 1.807) is 4.90 Å². The molecule has 3 aliphatic heterocycles. The van der Waals surface area contributed by atoms with Crippen molar-refractivity contribution in [3.8, 4) is 0 Å². The number of para-hydroxylation sites is 2. The van der Waals surface area contributed by atoms with E-state index in [-0.39, 0.29) is 17.9 Å². The summed E-state index contributed by atoms with van der Waals surface area (Å²) in [7, 11) is 0. The van der Waals surface area contributed by atoms with Crippen LogP contribution in [0.3, 0.4) is 0 Å². The molecule has 0 bridgehead atoms. The molecule has 190 valence electrons. The first kappa shape index (κ1) is 25.4. The second-order valence-corrected chi connectivity index (χ2v) is 9.62. The zero-order valence-electron chi connectivity index (χ0n) is 20.2. The van der Waals surface area contributed by atoms with Crippen molar-refractivity contribution >= 4 is 23.2 Å². The van der Waals surface area contributed by atoms with E-state index in [0.717, 1.165) is 50.9 Å². The molecule has 0 saturated carbocycles. The molecule has 2 N–H and O–H groups in total. The first-order valence-electron chi connectivity index (χ1n) is 12.8. The minimum atomic E-state index is -1.55. The number of piperidine rings is 1. The average Bonchev–Trinajstić information content (AvgIpc) is 3.36. The van der Waals surface area contributed by atoms with Crippen molar-refractivity contribution < 1.29 is 24.2 Å². The molecule has 9 heteroatoms. The number of rotatable bonds is 5. The van der Waals surface area contributed by atoms with Gasteiger partial charge < -0.3 is 29.7 Å². The first-order chi connectivity index (χ1) is 17.1. The highest BCUT2D eigenvalue weighted by molar-refractivity contribution is 5.91. The van der Waals surface area contributed by atoms with E-state index in [1.165, 1.54) is 0 Å². The molecular formula is C26H36N4O5. The third kappa shape index (κ3) is 6.31. The quantitative estimate of drug-likeness (QED) is 0.622. The minimum absolute atomic E-state index is 0.0277. The number of fused-ring (bicyclic) bond motifs is 1. The van der Waals surface area contributed by atoms with Crippen LogP contribution in [-0.2, 0) is 19.1 Å². The molecule has 0 spiro atoms. The van der Waals surface area contributed by atoms with Gasteiger partial charge in [-0.25, -0.2) is 4.85 Å². The van der Waals surface area contributed by atoms with Crippen LogP contribution in [0.15, 0.2) is 24.3 Å². The van der Waals surface area contributed by atoms with Gasteiger partial charge in [0.2, 0.25) is 5.69 Å². The van der Waals surface area contributed by atoms with E-state index in [4.69, 9.17) is 16.0 Å². The summed E-state index contributed by atoms with van der Waals surface area (Å²) >= 11 is 0. The Morgan fingerprint density at radius 3 is 2.71 bits per heavy atom. The van der Waals surface area contributed by atoms with Crippen molar-refractivity contribution in [1.29, 1.82) is 0 Å². The van der Waals surface area contributed by atoms with Crippen molar-refractivity contribution in [1.82, 2.24) is 10.2 Å². The molecule has 2 amide bonds. The summed E-state index contributed by atoms with van der Waals surface area (Å²) in [6, 6.07) is 7.59. The third-order valence-electron chi connectivity index (χ3n) is 7.27. The summed E-state index contributed by atoms with van der Waals surface area (Å²) in [6.07, 6.45) is 2.27. The number of aliphatic hydroxyl groups is 1. The van der Waals surface area contributed by atoms with Gasteiger partial charge in [0.05, 0.1) is 19.2 Å². The highest BCUT2D eigenvalue weighted by Gasteiger charge is 2.40. The zero-order valence-corrected chi connectivity index (χ0v) is 20.2. The van der Waals surface area contributed by atoms with E-state index in [9.17, 15) is 14.7 Å². The Kier molecular flexibility index (Phi) is 8.96. The normalized spacial score (nSPS) is 25.3. The highest BCUT2D eigenvalue weighted by atomic mass is 16.5. The van der Waals surface area contributed by atoms with Gasteiger partial charge in [-0.3, -0.25) is 9.59 Å². The Bertz CT molecular complexity index is 911. The fraction of sp³-hybridized carbons (Fsp3) is 0.654. The van der Waals surface area contributed by atoms with E-state index in [1.807, 2.05) is 24.3 Å². The lowest BCUT2D eigenvalue weighted by Crippen LogP contribution is -2.54. The molecular weight excluding hydrogens is 448 g/mol. The van der Waals surface area contributed by atoms with Gasteiger partial charge in [-0.1, -0.05) is 18.2 Å². The van der Waals surface area contributed by atoms with Gasteiger partial charge in [0.25, 0.3) is 11.8 Å². The summed E-state index contributed by atoms with van der Waals surface area (Å²) in [5.74, 6) is -0.620. The van der Waals surface area contributed by atoms with Gasteiger partial charge in [-0.2, -0.15) is 0 Å². The number of carbonyl (C=O) groups excluding carboxylic acids is 2. The Morgan fingerprint density at radius 1 is 1.14 bits per heavy atom. The van der Waals surface area contributed by atoms with Gasteiger partial charge in [-0.15, -0.1) is 0 Å². The molecule has 0 unspecified atom stereocenters. The zero-order chi connectivity index (χ0) is 24.6. The largest absolute Gasteiger partial charge is 0.380 e. The van der Waals surface area contributed by atoms with Gasteiger partial charge in [0.15, 0.2) is 12.2 Å². The molecule has 3 saturated heterocycles. The van der Waals surface area contributed by atoms with E-state index in [2.05, 4.69) is 15.1 Å². The van der Waals surface area contributed by atoms with Crippen LogP contribution in [0, 0.1) is 12.5 Å². The van der Waals surface area contributed by atoms with Crippen LogP contribution in [0.4, 0.5) is 11.4 Å². The van der Waals surface area contributed by atoms with Gasteiger partial charge in [-0.05, 0) is 50.5 Å². The van der Waals surface area contributed by atoms with Crippen LogP contribution in [0.2, 0.25) is 0 Å². The van der Waals surface area contributed by atoms with Crippen molar-refractivity contribution in [3.05, 3.63) is 35.7 Å². The lowest BCUT2D eigenvalue weighted by Gasteiger charge is -2.34. The molecule has 0 radical (unpaired) electrons. The number of amides is 2. The molecule has 3 heterocycles. The topological polar surface area (TPSA) is 95.7 Å². The van der Waals surface area contributed by atoms with Gasteiger partial charge in [0.1, 0.15) is 0 Å². The Labute approximate surface area is 207 Å². The third-order valence-corrected chi connectivity index (χ3v) is 7.27. The number of nitrogens with one attached hydrogen (secondary N) is 1. The maximum Gasteiger partial charge on any atom is 0.255 e. The number of aliphatic hydroxyl groups excluding tert-OH is 1. The van der Waals surface area contributed by atoms with Gasteiger partial charge in [0, 0.05) is 45.1 Å². The molecule has 0 aromatic heterocycles. The van der Waals surface area contributed by atoms with Crippen LogP contribution in [0.25, 0.3) is 4.85 Å². The van der Waals surface area contributed by atoms with Crippen molar-refractivity contribution in [2.24, 2.45) is 5.92 Å². The van der Waals surface area contributed by atoms with E-state index in [0.29, 0.717) is 45.0 Å². The Balaban J connectivity index is 1.30. The predicted octanol–water partition coefficient (Wildman–Crippen LogP) is 2.12. The monoisotopic (exact) mass is 484 g/mol. The van der Waals surface area contributed by atoms with Crippen molar-refractivity contribution in [3.63, 3.8) is 0 Å². The summed E-state index contributed by atoms with van der Waals surface area (Å²) < 4.78 is 11.5. The number of benzene rings is 1. The molecule has 1 aromatic carbocycles. The molecule has 35 heavy (non-hydrogen) atoms. The minimum Gasteiger partial charge on any atom is -0.380 e. The van der Waals surface area contributed by atoms with Crippen LogP contribution in [0.1, 0.15) is 38.5 Å². The standard InChI is InChI=1S/C26H36N4O5/c1-27-21-8-2-3-9-22(21)29-13-10-19(11-14-29)17-28-25(32)23(31)24-26(33)30-12-6-7-20(30)18-34-15-4-5-16-35-24/h2-3,8-9,19-20,23-24,31H,4-7,10-18H2,(H,28,32)/t20-,23-,24-/m1/s1. The van der Waals surface area contributed by atoms with Crippen LogP contribution < -0.4 is 10.2 Å². The molecule has 4 rings (SSSR count). The lowest BCUT2D eigenvalue weighted by atomic mass is 9.96. The number of carbonyl (C=O) groups is 2. The number of hydrogen-bond donors (Lipinski definition) is 2. The summed E-state index contributed by atoms with van der Waals surface area (Å²) in [4.78, 5) is 33.6. The van der Waals surface area contributed by atoms with Crippen LogP contribution in [-0.4, -0.2) is 86.1 Å². The van der Waals surface area contributed by atoms with Gasteiger partial charge >= 0.3 is 0 Å². The molecule has 3 fully saturated rings. The average molecular weight is 485 g/mol.